The van der Waals surface area contributed by atoms with E-state index in [2.05, 4.69) is 22.4 Å². The molecule has 0 radical (unpaired) electrons. The van der Waals surface area contributed by atoms with Crippen molar-refractivity contribution in [3.63, 3.8) is 0 Å². The Morgan fingerprint density at radius 2 is 1.81 bits per heavy atom. The van der Waals surface area contributed by atoms with E-state index in [1.165, 1.54) is 0 Å². The summed E-state index contributed by atoms with van der Waals surface area (Å²) in [5.41, 5.74) is 2.28. The molecule has 108 valence electrons. The predicted octanol–water partition coefficient (Wildman–Crippen LogP) is 1.99. The predicted molar refractivity (Wildman–Crippen MR) is 81.7 cm³/mol. The first-order valence-corrected chi connectivity index (χ1v) is 7.21. The first-order chi connectivity index (χ1) is 10.3. The summed E-state index contributed by atoms with van der Waals surface area (Å²) in [6, 6.07) is 14.1. The van der Waals surface area contributed by atoms with Gasteiger partial charge in [0.25, 0.3) is 0 Å². The van der Waals surface area contributed by atoms with Crippen molar-refractivity contribution >= 4 is 5.91 Å². The molecule has 0 bridgehead atoms. The first-order valence-electron chi connectivity index (χ1n) is 7.21. The summed E-state index contributed by atoms with van der Waals surface area (Å²) in [6.45, 7) is 0.814. The van der Waals surface area contributed by atoms with Crippen LogP contribution in [0.15, 0.2) is 54.9 Å². The third kappa shape index (κ3) is 2.95. The standard InChI is InChI=1S/C17H19N3O/c1-20-12-9-15(17(20)21)19-16(13-5-3-2-4-6-13)14-7-10-18-11-8-14/h2-8,10-11,15-16,19H,9,12H2,1H3. The van der Waals surface area contributed by atoms with Crippen LogP contribution < -0.4 is 5.32 Å². The lowest BCUT2D eigenvalue weighted by Gasteiger charge is -2.23. The average molecular weight is 281 g/mol. The maximum Gasteiger partial charge on any atom is 0.239 e. The lowest BCUT2D eigenvalue weighted by molar-refractivity contribution is -0.128. The highest BCUT2D eigenvalue weighted by Crippen LogP contribution is 2.24. The van der Waals surface area contributed by atoms with Gasteiger partial charge in [-0.3, -0.25) is 15.1 Å². The topological polar surface area (TPSA) is 45.2 Å². The number of rotatable bonds is 4. The van der Waals surface area contributed by atoms with Crippen LogP contribution in [0.25, 0.3) is 0 Å². The fourth-order valence-corrected chi connectivity index (χ4v) is 2.76. The second-order valence-electron chi connectivity index (χ2n) is 5.39. The number of carbonyl (C=O) groups is 1. The number of pyridine rings is 1. The molecule has 4 heteroatoms. The smallest absolute Gasteiger partial charge is 0.239 e. The van der Waals surface area contributed by atoms with Gasteiger partial charge in [-0.1, -0.05) is 30.3 Å². The molecule has 4 nitrogen and oxygen atoms in total. The Balaban J connectivity index is 1.89. The third-order valence-electron chi connectivity index (χ3n) is 3.97. The van der Waals surface area contributed by atoms with Crippen molar-refractivity contribution in [3.8, 4) is 0 Å². The van der Waals surface area contributed by atoms with Crippen LogP contribution in [0.5, 0.6) is 0 Å². The average Bonchev–Trinajstić information content (AvgIpc) is 2.86. The minimum Gasteiger partial charge on any atom is -0.344 e. The lowest BCUT2D eigenvalue weighted by atomic mass is 9.98. The van der Waals surface area contributed by atoms with E-state index in [9.17, 15) is 4.79 Å². The van der Waals surface area contributed by atoms with E-state index in [4.69, 9.17) is 0 Å². The zero-order chi connectivity index (χ0) is 14.7. The largest absolute Gasteiger partial charge is 0.344 e. The molecule has 1 aliphatic rings. The van der Waals surface area contributed by atoms with Crippen LogP contribution in [-0.4, -0.2) is 35.4 Å². The minimum absolute atomic E-state index is 0.00894. The van der Waals surface area contributed by atoms with E-state index >= 15 is 0 Å². The lowest BCUT2D eigenvalue weighted by Crippen LogP contribution is -2.39. The zero-order valence-electron chi connectivity index (χ0n) is 12.1. The van der Waals surface area contributed by atoms with Crippen LogP contribution in [0, 0.1) is 0 Å². The van der Waals surface area contributed by atoms with E-state index in [-0.39, 0.29) is 18.0 Å². The number of amides is 1. The molecule has 21 heavy (non-hydrogen) atoms. The molecule has 2 unspecified atom stereocenters. The summed E-state index contributed by atoms with van der Waals surface area (Å²) < 4.78 is 0. The molecule has 1 aromatic carbocycles. The first kappa shape index (κ1) is 13.8. The van der Waals surface area contributed by atoms with Gasteiger partial charge in [-0.15, -0.1) is 0 Å². The Morgan fingerprint density at radius 1 is 1.14 bits per heavy atom. The molecular formula is C17H19N3O. The highest BCUT2D eigenvalue weighted by atomic mass is 16.2. The summed E-state index contributed by atoms with van der Waals surface area (Å²) in [6.07, 6.45) is 4.43. The zero-order valence-corrected chi connectivity index (χ0v) is 12.1. The number of aromatic nitrogens is 1. The van der Waals surface area contributed by atoms with Crippen molar-refractivity contribution in [1.82, 2.24) is 15.2 Å². The molecule has 1 aromatic heterocycles. The Kier molecular flexibility index (Phi) is 3.97. The number of likely N-dealkylation sites (tertiary alicyclic amines) is 1. The highest BCUT2D eigenvalue weighted by molar-refractivity contribution is 5.83. The molecule has 0 spiro atoms. The van der Waals surface area contributed by atoms with Crippen LogP contribution in [0.3, 0.4) is 0 Å². The van der Waals surface area contributed by atoms with E-state index in [1.54, 1.807) is 17.3 Å². The number of carbonyl (C=O) groups excluding carboxylic acids is 1. The summed E-state index contributed by atoms with van der Waals surface area (Å²) in [5, 5.41) is 3.51. The number of likely N-dealkylation sites (N-methyl/N-ethyl adjacent to an activating group) is 1. The van der Waals surface area contributed by atoms with E-state index in [1.807, 2.05) is 37.4 Å². The molecule has 0 saturated carbocycles. The highest BCUT2D eigenvalue weighted by Gasteiger charge is 2.31. The Bertz CT molecular complexity index is 560. The van der Waals surface area contributed by atoms with Gasteiger partial charge in [0.05, 0.1) is 12.1 Å². The second-order valence-corrected chi connectivity index (χ2v) is 5.39. The quantitative estimate of drug-likeness (QED) is 0.932. The van der Waals surface area contributed by atoms with Gasteiger partial charge in [0.15, 0.2) is 0 Å². The number of hydrogen-bond acceptors (Lipinski definition) is 3. The van der Waals surface area contributed by atoms with Gasteiger partial charge in [0.2, 0.25) is 5.91 Å². The Labute approximate surface area is 124 Å². The van der Waals surface area contributed by atoms with Crippen molar-refractivity contribution in [2.45, 2.75) is 18.5 Å². The van der Waals surface area contributed by atoms with Gasteiger partial charge in [0.1, 0.15) is 0 Å². The third-order valence-corrected chi connectivity index (χ3v) is 3.97. The van der Waals surface area contributed by atoms with E-state index in [0.29, 0.717) is 0 Å². The van der Waals surface area contributed by atoms with Crippen molar-refractivity contribution in [1.29, 1.82) is 0 Å². The van der Waals surface area contributed by atoms with Crippen molar-refractivity contribution in [2.75, 3.05) is 13.6 Å². The summed E-state index contributed by atoms with van der Waals surface area (Å²) in [5.74, 6) is 0.171. The van der Waals surface area contributed by atoms with Gasteiger partial charge in [-0.2, -0.15) is 0 Å². The van der Waals surface area contributed by atoms with Gasteiger partial charge in [0, 0.05) is 26.0 Å². The van der Waals surface area contributed by atoms with Crippen molar-refractivity contribution < 1.29 is 4.79 Å². The Morgan fingerprint density at radius 3 is 2.43 bits per heavy atom. The molecule has 1 saturated heterocycles. The number of nitrogens with zero attached hydrogens (tertiary/aromatic N) is 2. The molecule has 3 rings (SSSR count). The Hall–Kier alpha value is -2.20. The molecule has 2 atom stereocenters. The van der Waals surface area contributed by atoms with E-state index in [0.717, 1.165) is 24.1 Å². The van der Waals surface area contributed by atoms with Gasteiger partial charge in [-0.25, -0.2) is 0 Å². The van der Waals surface area contributed by atoms with Crippen LogP contribution in [0.2, 0.25) is 0 Å². The van der Waals surface area contributed by atoms with Gasteiger partial charge < -0.3 is 4.90 Å². The van der Waals surface area contributed by atoms with Crippen LogP contribution in [0.4, 0.5) is 0 Å². The SMILES string of the molecule is CN1CCC(NC(c2ccccc2)c2ccncc2)C1=O. The molecule has 1 fully saturated rings. The summed E-state index contributed by atoms with van der Waals surface area (Å²) in [4.78, 5) is 18.0. The fraction of sp³-hybridized carbons (Fsp3) is 0.294. The maximum atomic E-state index is 12.2. The fourth-order valence-electron chi connectivity index (χ4n) is 2.76. The number of nitrogens with one attached hydrogen (secondary N) is 1. The van der Waals surface area contributed by atoms with Crippen LogP contribution >= 0.6 is 0 Å². The minimum atomic E-state index is -0.117. The van der Waals surface area contributed by atoms with E-state index < -0.39 is 0 Å². The molecule has 0 aliphatic carbocycles. The summed E-state index contributed by atoms with van der Waals surface area (Å²) in [7, 11) is 1.86. The monoisotopic (exact) mass is 281 g/mol. The molecule has 1 N–H and O–H groups in total. The molecule has 1 aliphatic heterocycles. The van der Waals surface area contributed by atoms with Crippen LogP contribution in [-0.2, 0) is 4.79 Å². The molecular weight excluding hydrogens is 262 g/mol. The maximum absolute atomic E-state index is 12.2. The molecule has 2 heterocycles. The second kappa shape index (κ2) is 6.06. The molecule has 2 aromatic rings. The number of hydrogen-bond donors (Lipinski definition) is 1. The van der Waals surface area contributed by atoms with Crippen molar-refractivity contribution in [2.24, 2.45) is 0 Å². The summed E-state index contributed by atoms with van der Waals surface area (Å²) >= 11 is 0. The van der Waals surface area contributed by atoms with Crippen LogP contribution in [0.1, 0.15) is 23.6 Å². The number of benzene rings is 1. The normalized spacial score (nSPS) is 19.8. The van der Waals surface area contributed by atoms with Crippen molar-refractivity contribution in [3.05, 3.63) is 66.0 Å². The van der Waals surface area contributed by atoms with Gasteiger partial charge >= 0.3 is 0 Å². The molecule has 1 amide bonds. The van der Waals surface area contributed by atoms with Gasteiger partial charge in [-0.05, 0) is 29.7 Å².